The molecule has 0 spiro atoms. The van der Waals surface area contributed by atoms with E-state index in [4.69, 9.17) is 4.74 Å². The number of aliphatic hydroxyl groups is 1. The van der Waals surface area contributed by atoms with E-state index in [0.29, 0.717) is 6.42 Å². The molecular weight excluding hydrogens is 248 g/mol. The van der Waals surface area contributed by atoms with Crippen LogP contribution in [0.4, 0.5) is 0 Å². The third-order valence-corrected chi connectivity index (χ3v) is 3.94. The molecule has 2 rings (SSSR count). The van der Waals surface area contributed by atoms with Gasteiger partial charge >= 0.3 is 0 Å². The van der Waals surface area contributed by atoms with Crippen molar-refractivity contribution in [2.45, 2.75) is 33.3 Å². The minimum absolute atomic E-state index is 0.551. The topological polar surface area (TPSA) is 29.5 Å². The fraction of sp³-hybridized carbons (Fsp3) is 0.333. The summed E-state index contributed by atoms with van der Waals surface area (Å²) in [6.45, 7) is 6.15. The largest absolute Gasteiger partial charge is 0.496 e. The molecule has 0 saturated carbocycles. The Kier molecular flexibility index (Phi) is 4.46. The maximum atomic E-state index is 10.5. The monoisotopic (exact) mass is 270 g/mol. The predicted molar refractivity (Wildman–Crippen MR) is 82.3 cm³/mol. The van der Waals surface area contributed by atoms with E-state index in [-0.39, 0.29) is 0 Å². The van der Waals surface area contributed by atoms with Crippen LogP contribution in [0.2, 0.25) is 0 Å². The lowest BCUT2D eigenvalue weighted by Gasteiger charge is -2.18. The van der Waals surface area contributed by atoms with Crippen LogP contribution < -0.4 is 4.74 Å². The molecule has 20 heavy (non-hydrogen) atoms. The molecule has 0 amide bonds. The van der Waals surface area contributed by atoms with Gasteiger partial charge in [0, 0.05) is 12.0 Å². The maximum Gasteiger partial charge on any atom is 0.127 e. The van der Waals surface area contributed by atoms with E-state index >= 15 is 0 Å². The van der Waals surface area contributed by atoms with Gasteiger partial charge in [-0.1, -0.05) is 36.4 Å². The zero-order chi connectivity index (χ0) is 14.7. The lowest BCUT2D eigenvalue weighted by molar-refractivity contribution is 0.173. The number of methoxy groups -OCH3 is 1. The van der Waals surface area contributed by atoms with Crippen molar-refractivity contribution in [3.8, 4) is 5.75 Å². The van der Waals surface area contributed by atoms with Gasteiger partial charge in [-0.25, -0.2) is 0 Å². The molecule has 2 aromatic rings. The standard InChI is InChI=1S/C18H22O2/c1-12-9-10-16(18(20-4)14(12)3)17(19)11-15-8-6-5-7-13(15)2/h5-10,17,19H,11H2,1-4H3. The van der Waals surface area contributed by atoms with E-state index in [2.05, 4.69) is 26.0 Å². The molecule has 2 nitrogen and oxygen atoms in total. The molecule has 0 aromatic heterocycles. The van der Waals surface area contributed by atoms with Crippen LogP contribution in [0.3, 0.4) is 0 Å². The number of aliphatic hydroxyl groups excluding tert-OH is 1. The first-order chi connectivity index (χ1) is 9.54. The third kappa shape index (κ3) is 2.86. The number of aryl methyl sites for hydroxylation is 2. The number of hydrogen-bond donors (Lipinski definition) is 1. The molecule has 0 heterocycles. The fourth-order valence-electron chi connectivity index (χ4n) is 2.50. The maximum absolute atomic E-state index is 10.5. The molecule has 0 aliphatic heterocycles. The summed E-state index contributed by atoms with van der Waals surface area (Å²) in [6, 6.07) is 12.2. The van der Waals surface area contributed by atoms with Crippen LogP contribution in [0.15, 0.2) is 36.4 Å². The molecule has 0 aliphatic carbocycles. The second kappa shape index (κ2) is 6.10. The summed E-state index contributed by atoms with van der Waals surface area (Å²) in [5.41, 5.74) is 5.50. The second-order valence-electron chi connectivity index (χ2n) is 5.28. The fourth-order valence-corrected chi connectivity index (χ4v) is 2.50. The Morgan fingerprint density at radius 3 is 2.35 bits per heavy atom. The molecule has 0 saturated heterocycles. The van der Waals surface area contributed by atoms with Crippen molar-refractivity contribution in [2.24, 2.45) is 0 Å². The first kappa shape index (κ1) is 14.6. The molecule has 0 bridgehead atoms. The highest BCUT2D eigenvalue weighted by atomic mass is 16.5. The van der Waals surface area contributed by atoms with E-state index in [9.17, 15) is 5.11 Å². The van der Waals surface area contributed by atoms with E-state index in [1.165, 1.54) is 16.7 Å². The van der Waals surface area contributed by atoms with Crippen LogP contribution in [0, 0.1) is 20.8 Å². The molecular formula is C18H22O2. The van der Waals surface area contributed by atoms with Crippen LogP contribution in [0.1, 0.15) is 33.9 Å². The summed E-state index contributed by atoms with van der Waals surface area (Å²) in [5.74, 6) is 0.797. The van der Waals surface area contributed by atoms with Gasteiger partial charge in [-0.3, -0.25) is 0 Å². The molecule has 2 heteroatoms. The third-order valence-electron chi connectivity index (χ3n) is 3.94. The Hall–Kier alpha value is -1.80. The lowest BCUT2D eigenvalue weighted by atomic mass is 9.95. The number of rotatable bonds is 4. The Morgan fingerprint density at radius 2 is 1.70 bits per heavy atom. The minimum atomic E-state index is -0.551. The van der Waals surface area contributed by atoms with Gasteiger partial charge in [-0.15, -0.1) is 0 Å². The minimum Gasteiger partial charge on any atom is -0.496 e. The van der Waals surface area contributed by atoms with Crippen LogP contribution >= 0.6 is 0 Å². The highest BCUT2D eigenvalue weighted by Crippen LogP contribution is 2.32. The molecule has 0 radical (unpaired) electrons. The van der Waals surface area contributed by atoms with E-state index in [1.54, 1.807) is 7.11 Å². The van der Waals surface area contributed by atoms with Gasteiger partial charge in [0.05, 0.1) is 13.2 Å². The Labute approximate surface area is 121 Å². The average molecular weight is 270 g/mol. The van der Waals surface area contributed by atoms with E-state index in [1.807, 2.05) is 31.2 Å². The molecule has 2 aromatic carbocycles. The number of hydrogen-bond acceptors (Lipinski definition) is 2. The zero-order valence-corrected chi connectivity index (χ0v) is 12.6. The Balaban J connectivity index is 2.32. The lowest BCUT2D eigenvalue weighted by Crippen LogP contribution is -2.06. The van der Waals surface area contributed by atoms with Crippen LogP contribution in [-0.2, 0) is 6.42 Å². The van der Waals surface area contributed by atoms with Gasteiger partial charge in [-0.2, -0.15) is 0 Å². The molecule has 1 atom stereocenters. The van der Waals surface area contributed by atoms with Crippen molar-refractivity contribution < 1.29 is 9.84 Å². The van der Waals surface area contributed by atoms with Crippen LogP contribution in [0.25, 0.3) is 0 Å². The van der Waals surface area contributed by atoms with E-state index < -0.39 is 6.10 Å². The summed E-state index contributed by atoms with van der Waals surface area (Å²) >= 11 is 0. The quantitative estimate of drug-likeness (QED) is 0.913. The van der Waals surface area contributed by atoms with Crippen molar-refractivity contribution in [3.63, 3.8) is 0 Å². The summed E-state index contributed by atoms with van der Waals surface area (Å²) in [7, 11) is 1.66. The number of ether oxygens (including phenoxy) is 1. The first-order valence-electron chi connectivity index (χ1n) is 6.91. The summed E-state index contributed by atoms with van der Waals surface area (Å²) in [5, 5.41) is 10.5. The van der Waals surface area contributed by atoms with E-state index in [0.717, 1.165) is 16.9 Å². The van der Waals surface area contributed by atoms with Crippen LogP contribution in [-0.4, -0.2) is 12.2 Å². The van der Waals surface area contributed by atoms with Crippen molar-refractivity contribution in [1.29, 1.82) is 0 Å². The van der Waals surface area contributed by atoms with Crippen molar-refractivity contribution in [3.05, 3.63) is 64.2 Å². The van der Waals surface area contributed by atoms with Crippen LogP contribution in [0.5, 0.6) is 5.75 Å². The first-order valence-corrected chi connectivity index (χ1v) is 6.91. The predicted octanol–water partition coefficient (Wildman–Crippen LogP) is 3.90. The van der Waals surface area contributed by atoms with Crippen molar-refractivity contribution in [1.82, 2.24) is 0 Å². The summed E-state index contributed by atoms with van der Waals surface area (Å²) < 4.78 is 5.49. The Morgan fingerprint density at radius 1 is 1.00 bits per heavy atom. The smallest absolute Gasteiger partial charge is 0.127 e. The highest BCUT2D eigenvalue weighted by Gasteiger charge is 2.17. The zero-order valence-electron chi connectivity index (χ0n) is 12.6. The van der Waals surface area contributed by atoms with Crippen molar-refractivity contribution >= 4 is 0 Å². The molecule has 1 N–H and O–H groups in total. The Bertz CT molecular complexity index is 602. The highest BCUT2D eigenvalue weighted by molar-refractivity contribution is 5.46. The van der Waals surface area contributed by atoms with Gasteiger partial charge in [0.2, 0.25) is 0 Å². The second-order valence-corrected chi connectivity index (χ2v) is 5.28. The van der Waals surface area contributed by atoms with Crippen molar-refractivity contribution in [2.75, 3.05) is 7.11 Å². The average Bonchev–Trinajstić information content (AvgIpc) is 2.44. The summed E-state index contributed by atoms with van der Waals surface area (Å²) in [4.78, 5) is 0. The summed E-state index contributed by atoms with van der Waals surface area (Å²) in [6.07, 6.45) is 0.0521. The van der Waals surface area contributed by atoms with Gasteiger partial charge in [0.1, 0.15) is 5.75 Å². The number of benzene rings is 2. The molecule has 0 fully saturated rings. The van der Waals surface area contributed by atoms with Gasteiger partial charge < -0.3 is 9.84 Å². The molecule has 1 unspecified atom stereocenters. The van der Waals surface area contributed by atoms with Gasteiger partial charge in [0.15, 0.2) is 0 Å². The molecule has 0 aliphatic rings. The molecule has 106 valence electrons. The normalized spacial score (nSPS) is 12.2. The van der Waals surface area contributed by atoms with Gasteiger partial charge in [-0.05, 0) is 43.0 Å². The SMILES string of the molecule is COc1c(C(O)Cc2ccccc2C)ccc(C)c1C. The van der Waals surface area contributed by atoms with Gasteiger partial charge in [0.25, 0.3) is 0 Å².